The summed E-state index contributed by atoms with van der Waals surface area (Å²) < 4.78 is 0. The zero-order valence-electron chi connectivity index (χ0n) is 13.5. The molecular weight excluding hydrogens is 353 g/mol. The van der Waals surface area contributed by atoms with Gasteiger partial charge in [-0.15, -0.1) is 36.2 Å². The smallest absolute Gasteiger partial charge is 0.244 e. The average molecular weight is 376 g/mol. The molecule has 4 nitrogen and oxygen atoms in total. The Kier molecular flexibility index (Phi) is 9.39. The van der Waals surface area contributed by atoms with Crippen LogP contribution in [0.15, 0.2) is 30.5 Å². The van der Waals surface area contributed by atoms with Crippen molar-refractivity contribution in [1.82, 2.24) is 9.88 Å². The first-order valence-electron chi connectivity index (χ1n) is 7.02. The lowest BCUT2D eigenvalue weighted by molar-refractivity contribution is -0.131. The van der Waals surface area contributed by atoms with Crippen LogP contribution in [0.1, 0.15) is 34.0 Å². The largest absolute Gasteiger partial charge is 0.337 e. The topological polar surface area (TPSA) is 59.2 Å². The zero-order chi connectivity index (χ0) is 15.4. The Morgan fingerprint density at radius 1 is 1.30 bits per heavy atom. The molecule has 1 unspecified atom stereocenters. The zero-order valence-corrected chi connectivity index (χ0v) is 15.9. The van der Waals surface area contributed by atoms with Gasteiger partial charge in [0.05, 0.1) is 6.54 Å². The summed E-state index contributed by atoms with van der Waals surface area (Å²) in [7, 11) is 1.77. The van der Waals surface area contributed by atoms with E-state index in [0.717, 1.165) is 22.6 Å². The van der Waals surface area contributed by atoms with Crippen LogP contribution in [0.2, 0.25) is 0 Å². The molecule has 0 radical (unpaired) electrons. The normalized spacial score (nSPS) is 11.1. The minimum Gasteiger partial charge on any atom is -0.337 e. The Morgan fingerprint density at radius 2 is 1.91 bits per heavy atom. The van der Waals surface area contributed by atoms with Crippen LogP contribution in [-0.4, -0.2) is 22.8 Å². The van der Waals surface area contributed by atoms with Crippen LogP contribution in [-0.2, 0) is 17.8 Å². The molecule has 0 fully saturated rings. The number of likely N-dealkylation sites (N-methyl/N-ethyl adjacent to an activating group) is 1. The lowest BCUT2D eigenvalue weighted by atomic mass is 10.1. The third kappa shape index (κ3) is 5.77. The van der Waals surface area contributed by atoms with Crippen LogP contribution in [0.3, 0.4) is 0 Å². The molecule has 0 aliphatic carbocycles. The van der Waals surface area contributed by atoms with Crippen molar-refractivity contribution < 1.29 is 4.79 Å². The van der Waals surface area contributed by atoms with Crippen molar-refractivity contribution in [3.8, 4) is 0 Å². The molecule has 1 heterocycles. The Hall–Kier alpha value is -1.14. The lowest BCUT2D eigenvalue weighted by Crippen LogP contribution is -2.35. The molecule has 1 aromatic heterocycles. The van der Waals surface area contributed by atoms with E-state index in [0.29, 0.717) is 6.54 Å². The number of amides is 1. The summed E-state index contributed by atoms with van der Waals surface area (Å²) in [4.78, 5) is 19.6. The van der Waals surface area contributed by atoms with E-state index in [4.69, 9.17) is 5.73 Å². The van der Waals surface area contributed by atoms with E-state index >= 15 is 0 Å². The van der Waals surface area contributed by atoms with E-state index in [1.165, 1.54) is 4.88 Å². The molecule has 2 rings (SSSR count). The molecule has 7 heteroatoms. The second-order valence-corrected chi connectivity index (χ2v) is 6.36. The summed E-state index contributed by atoms with van der Waals surface area (Å²) in [6, 6.07) is 7.13. The van der Waals surface area contributed by atoms with Crippen molar-refractivity contribution in [2.45, 2.75) is 32.9 Å². The predicted molar refractivity (Wildman–Crippen MR) is 101 cm³/mol. The molecule has 2 aromatic rings. The Morgan fingerprint density at radius 3 is 2.43 bits per heavy atom. The highest BCUT2D eigenvalue weighted by Crippen LogP contribution is 2.18. The van der Waals surface area contributed by atoms with Crippen molar-refractivity contribution in [3.63, 3.8) is 0 Å². The van der Waals surface area contributed by atoms with Gasteiger partial charge in [0.1, 0.15) is 11.0 Å². The molecule has 0 spiro atoms. The average Bonchev–Trinajstić information content (AvgIpc) is 2.94. The van der Waals surface area contributed by atoms with Gasteiger partial charge in [0.2, 0.25) is 5.91 Å². The summed E-state index contributed by atoms with van der Waals surface area (Å²) in [5, 5.41) is 0.943. The molecule has 0 bridgehead atoms. The van der Waals surface area contributed by atoms with Gasteiger partial charge in [-0.25, -0.2) is 4.98 Å². The minimum atomic E-state index is -0.624. The van der Waals surface area contributed by atoms with Gasteiger partial charge in [0.15, 0.2) is 0 Å². The highest BCUT2D eigenvalue weighted by Gasteiger charge is 2.20. The second-order valence-electron chi connectivity index (χ2n) is 5.16. The number of rotatable bonds is 5. The van der Waals surface area contributed by atoms with Crippen LogP contribution in [0, 0.1) is 6.92 Å². The molecule has 0 aliphatic heterocycles. The van der Waals surface area contributed by atoms with Crippen LogP contribution < -0.4 is 5.73 Å². The van der Waals surface area contributed by atoms with E-state index in [9.17, 15) is 4.79 Å². The van der Waals surface area contributed by atoms with Crippen LogP contribution in [0.5, 0.6) is 0 Å². The number of carbonyl (C=O) groups is 1. The summed E-state index contributed by atoms with van der Waals surface area (Å²) in [6.45, 7) is 4.61. The SMILES string of the molecule is CCc1cnc(CN(C)C(=O)C(N)c2ccc(C)cc2)s1.Cl.Cl. The molecule has 2 N–H and O–H groups in total. The van der Waals surface area contributed by atoms with E-state index in [1.807, 2.05) is 37.4 Å². The van der Waals surface area contributed by atoms with Gasteiger partial charge < -0.3 is 10.6 Å². The van der Waals surface area contributed by atoms with Gasteiger partial charge in [-0.1, -0.05) is 36.8 Å². The maximum atomic E-state index is 12.4. The number of nitrogens with zero attached hydrogens (tertiary/aromatic N) is 2. The van der Waals surface area contributed by atoms with Gasteiger partial charge in [-0.05, 0) is 18.9 Å². The first kappa shape index (κ1) is 21.9. The fourth-order valence-corrected chi connectivity index (χ4v) is 2.94. The molecule has 1 aromatic carbocycles. The van der Waals surface area contributed by atoms with E-state index in [1.54, 1.807) is 23.3 Å². The van der Waals surface area contributed by atoms with Gasteiger partial charge >= 0.3 is 0 Å². The summed E-state index contributed by atoms with van der Waals surface area (Å²) >= 11 is 1.64. The summed E-state index contributed by atoms with van der Waals surface area (Å²) in [6.07, 6.45) is 2.84. The van der Waals surface area contributed by atoms with Crippen LogP contribution in [0.4, 0.5) is 0 Å². The van der Waals surface area contributed by atoms with Crippen molar-refractivity contribution in [3.05, 3.63) is 51.5 Å². The van der Waals surface area contributed by atoms with E-state index in [-0.39, 0.29) is 30.7 Å². The standard InChI is InChI=1S/C16H21N3OS.2ClH/c1-4-13-9-18-14(21-13)10-19(3)16(20)15(17)12-7-5-11(2)6-8-12;;/h5-9,15H,4,10,17H2,1-3H3;2*1H. The third-order valence-corrected chi connectivity index (χ3v) is 4.53. The monoisotopic (exact) mass is 375 g/mol. The fourth-order valence-electron chi connectivity index (χ4n) is 2.02. The maximum absolute atomic E-state index is 12.4. The second kappa shape index (κ2) is 9.88. The Bertz CT molecular complexity index is 616. The van der Waals surface area contributed by atoms with Gasteiger partial charge in [0.25, 0.3) is 0 Å². The quantitative estimate of drug-likeness (QED) is 0.869. The molecule has 128 valence electrons. The van der Waals surface area contributed by atoms with Crippen LogP contribution in [0.25, 0.3) is 0 Å². The lowest BCUT2D eigenvalue weighted by Gasteiger charge is -2.20. The minimum absolute atomic E-state index is 0. The Balaban J connectivity index is 0.00000242. The van der Waals surface area contributed by atoms with Crippen LogP contribution >= 0.6 is 36.2 Å². The summed E-state index contributed by atoms with van der Waals surface area (Å²) in [5.74, 6) is -0.0906. The van der Waals surface area contributed by atoms with Gasteiger partial charge in [0, 0.05) is 18.1 Å². The van der Waals surface area contributed by atoms with Gasteiger partial charge in [-0.3, -0.25) is 4.79 Å². The Labute approximate surface area is 153 Å². The number of aryl methyl sites for hydroxylation is 2. The number of halogens is 2. The molecule has 1 amide bonds. The molecule has 0 aliphatic rings. The van der Waals surface area contributed by atoms with Crippen molar-refractivity contribution in [2.24, 2.45) is 5.73 Å². The number of carbonyl (C=O) groups excluding carboxylic acids is 1. The van der Waals surface area contributed by atoms with E-state index in [2.05, 4.69) is 11.9 Å². The van der Waals surface area contributed by atoms with Crippen molar-refractivity contribution in [2.75, 3.05) is 7.05 Å². The van der Waals surface area contributed by atoms with E-state index < -0.39 is 6.04 Å². The number of hydrogen-bond donors (Lipinski definition) is 1. The highest BCUT2D eigenvalue weighted by molar-refractivity contribution is 7.11. The summed E-state index contributed by atoms with van der Waals surface area (Å²) in [5.41, 5.74) is 8.06. The number of aromatic nitrogens is 1. The number of benzene rings is 1. The maximum Gasteiger partial charge on any atom is 0.244 e. The molecule has 1 atom stereocenters. The molecule has 0 saturated carbocycles. The van der Waals surface area contributed by atoms with Crippen molar-refractivity contribution in [1.29, 1.82) is 0 Å². The first-order chi connectivity index (χ1) is 10.0. The third-order valence-electron chi connectivity index (χ3n) is 3.40. The number of nitrogens with two attached hydrogens (primary N) is 1. The van der Waals surface area contributed by atoms with Crippen molar-refractivity contribution >= 4 is 42.1 Å². The molecule has 23 heavy (non-hydrogen) atoms. The number of thiazole rings is 1. The first-order valence-corrected chi connectivity index (χ1v) is 7.83. The molecule has 0 saturated heterocycles. The fraction of sp³-hybridized carbons (Fsp3) is 0.375. The van der Waals surface area contributed by atoms with Gasteiger partial charge in [-0.2, -0.15) is 0 Å². The predicted octanol–water partition coefficient (Wildman–Crippen LogP) is 3.52. The highest BCUT2D eigenvalue weighted by atomic mass is 35.5. The molecular formula is C16H23Cl2N3OS. The number of hydrogen-bond acceptors (Lipinski definition) is 4.